The molecule has 0 amide bonds. The van der Waals surface area contributed by atoms with Crippen LogP contribution in [0.15, 0.2) is 60.4 Å². The van der Waals surface area contributed by atoms with Crippen molar-refractivity contribution in [3.8, 4) is 23.0 Å². The Morgan fingerprint density at radius 1 is 1.06 bits per heavy atom. The van der Waals surface area contributed by atoms with Crippen LogP contribution >= 0.6 is 11.6 Å². The lowest BCUT2D eigenvalue weighted by Crippen LogP contribution is -2.12. The third kappa shape index (κ3) is 4.02. The molecule has 2 aliphatic heterocycles. The number of Topliss-reactive ketones (excluding diaryl/α,β-unsaturated/α-hetero) is 1. The number of hydrogen-bond acceptors (Lipinski definition) is 6. The Morgan fingerprint density at radius 2 is 1.88 bits per heavy atom. The minimum absolute atomic E-state index is 0.148. The molecule has 0 radical (unpaired) electrons. The molecule has 6 nitrogen and oxygen atoms in total. The van der Waals surface area contributed by atoms with Crippen molar-refractivity contribution in [1.29, 1.82) is 0 Å². The molecule has 0 aromatic heterocycles. The van der Waals surface area contributed by atoms with Crippen LogP contribution in [-0.2, 0) is 18.0 Å². The van der Waals surface area contributed by atoms with E-state index in [0.717, 1.165) is 16.9 Å². The molecule has 0 N–H and O–H groups in total. The van der Waals surface area contributed by atoms with Gasteiger partial charge in [0.25, 0.3) is 0 Å². The van der Waals surface area contributed by atoms with Crippen LogP contribution in [0.5, 0.6) is 23.0 Å². The summed E-state index contributed by atoms with van der Waals surface area (Å²) in [5.41, 5.74) is 2.97. The summed E-state index contributed by atoms with van der Waals surface area (Å²) in [5.74, 6) is 2.48. The third-order valence-corrected chi connectivity index (χ3v) is 5.41. The number of benzene rings is 3. The minimum Gasteiger partial charge on any atom is -0.497 e. The van der Waals surface area contributed by atoms with Crippen molar-refractivity contribution in [1.82, 2.24) is 0 Å². The summed E-state index contributed by atoms with van der Waals surface area (Å²) in [7, 11) is 1.63. The smallest absolute Gasteiger partial charge is 0.231 e. The van der Waals surface area contributed by atoms with E-state index in [4.69, 9.17) is 35.3 Å². The lowest BCUT2D eigenvalue weighted by Gasteiger charge is -2.20. The predicted octanol–water partition coefficient (Wildman–Crippen LogP) is 5.41. The maximum Gasteiger partial charge on any atom is 0.231 e. The quantitative estimate of drug-likeness (QED) is 0.484. The zero-order valence-electron chi connectivity index (χ0n) is 17.2. The normalized spacial score (nSPS) is 15.6. The van der Waals surface area contributed by atoms with E-state index in [9.17, 15) is 4.79 Å². The van der Waals surface area contributed by atoms with Crippen molar-refractivity contribution in [3.63, 3.8) is 0 Å². The van der Waals surface area contributed by atoms with E-state index in [0.29, 0.717) is 46.6 Å². The van der Waals surface area contributed by atoms with Gasteiger partial charge in [0.1, 0.15) is 29.6 Å². The number of carbonyl (C=O) groups is 1. The fourth-order valence-corrected chi connectivity index (χ4v) is 3.85. The van der Waals surface area contributed by atoms with Crippen molar-refractivity contribution >= 4 is 23.5 Å². The van der Waals surface area contributed by atoms with E-state index in [2.05, 4.69) is 0 Å². The van der Waals surface area contributed by atoms with Gasteiger partial charge < -0.3 is 23.7 Å². The number of allylic oxidation sites excluding steroid dienone is 1. The molecule has 2 aliphatic rings. The molecule has 2 heterocycles. The van der Waals surface area contributed by atoms with Crippen molar-refractivity contribution in [2.75, 3.05) is 13.9 Å². The zero-order chi connectivity index (χ0) is 22.1. The Hall–Kier alpha value is -3.48. The van der Waals surface area contributed by atoms with E-state index in [-0.39, 0.29) is 18.3 Å². The summed E-state index contributed by atoms with van der Waals surface area (Å²) in [6, 6.07) is 16.3. The highest BCUT2D eigenvalue weighted by Gasteiger charge is 2.28. The lowest BCUT2D eigenvalue weighted by atomic mass is 10.1. The van der Waals surface area contributed by atoms with E-state index >= 15 is 0 Å². The molecule has 7 heteroatoms. The summed E-state index contributed by atoms with van der Waals surface area (Å²) in [6.45, 7) is 0.929. The van der Waals surface area contributed by atoms with E-state index < -0.39 is 0 Å². The molecule has 0 aliphatic carbocycles. The average molecular weight is 451 g/mol. The molecule has 0 saturated carbocycles. The SMILES string of the molecule is COc1ccc(COc2ccc3c(c2)O/C(=C\c2cc(Cl)cc4c2OCOC4)C3=O)cc1. The van der Waals surface area contributed by atoms with Crippen molar-refractivity contribution < 1.29 is 28.5 Å². The third-order valence-electron chi connectivity index (χ3n) is 5.20. The number of hydrogen-bond donors (Lipinski definition) is 0. The van der Waals surface area contributed by atoms with Crippen LogP contribution in [0, 0.1) is 0 Å². The van der Waals surface area contributed by atoms with Crippen LogP contribution in [-0.4, -0.2) is 19.7 Å². The van der Waals surface area contributed by atoms with Gasteiger partial charge >= 0.3 is 0 Å². The summed E-state index contributed by atoms with van der Waals surface area (Å²) in [5, 5.41) is 0.530. The van der Waals surface area contributed by atoms with Gasteiger partial charge in [-0.1, -0.05) is 23.7 Å². The number of carbonyl (C=O) groups excluding carboxylic acids is 1. The van der Waals surface area contributed by atoms with E-state index in [1.165, 1.54) is 0 Å². The summed E-state index contributed by atoms with van der Waals surface area (Å²) >= 11 is 6.23. The van der Waals surface area contributed by atoms with E-state index in [1.54, 1.807) is 43.5 Å². The van der Waals surface area contributed by atoms with Crippen molar-refractivity contribution in [2.24, 2.45) is 0 Å². The number of halogens is 1. The van der Waals surface area contributed by atoms with Gasteiger partial charge in [0.2, 0.25) is 5.78 Å². The van der Waals surface area contributed by atoms with Gasteiger partial charge in [0.05, 0.1) is 19.3 Å². The molecule has 0 atom stereocenters. The first kappa shape index (κ1) is 20.4. The monoisotopic (exact) mass is 450 g/mol. The first-order valence-corrected chi connectivity index (χ1v) is 10.4. The fraction of sp³-hybridized carbons (Fsp3) is 0.160. The van der Waals surface area contributed by atoms with Crippen molar-refractivity contribution in [2.45, 2.75) is 13.2 Å². The van der Waals surface area contributed by atoms with Gasteiger partial charge in [-0.3, -0.25) is 4.79 Å². The van der Waals surface area contributed by atoms with Gasteiger partial charge in [0.15, 0.2) is 12.6 Å². The molecule has 5 rings (SSSR count). The molecule has 0 bridgehead atoms. The molecular formula is C25H19ClO6. The van der Waals surface area contributed by atoms with Gasteiger partial charge in [-0.15, -0.1) is 0 Å². The molecule has 162 valence electrons. The summed E-state index contributed by atoms with van der Waals surface area (Å²) in [4.78, 5) is 12.9. The topological polar surface area (TPSA) is 63.2 Å². The van der Waals surface area contributed by atoms with Crippen LogP contribution in [0.2, 0.25) is 5.02 Å². The van der Waals surface area contributed by atoms with Crippen LogP contribution in [0.1, 0.15) is 27.0 Å². The number of ether oxygens (including phenoxy) is 5. The average Bonchev–Trinajstić information content (AvgIpc) is 3.12. The van der Waals surface area contributed by atoms with Crippen LogP contribution in [0.3, 0.4) is 0 Å². The van der Waals surface area contributed by atoms with Crippen LogP contribution in [0.25, 0.3) is 6.08 Å². The molecule has 0 spiro atoms. The fourth-order valence-electron chi connectivity index (χ4n) is 3.60. The summed E-state index contributed by atoms with van der Waals surface area (Å²) in [6.07, 6.45) is 1.65. The lowest BCUT2D eigenvalue weighted by molar-refractivity contribution is -0.0165. The Labute approximate surface area is 189 Å². The highest BCUT2D eigenvalue weighted by molar-refractivity contribution is 6.31. The minimum atomic E-state index is -0.206. The second-order valence-electron chi connectivity index (χ2n) is 7.33. The first-order valence-electron chi connectivity index (χ1n) is 9.98. The van der Waals surface area contributed by atoms with E-state index in [1.807, 2.05) is 24.3 Å². The number of fused-ring (bicyclic) bond motifs is 2. The molecular weight excluding hydrogens is 432 g/mol. The second-order valence-corrected chi connectivity index (χ2v) is 7.76. The molecule has 0 unspecified atom stereocenters. The van der Waals surface area contributed by atoms with Gasteiger partial charge in [-0.05, 0) is 48.0 Å². The number of rotatable bonds is 5. The second kappa shape index (κ2) is 8.57. The zero-order valence-corrected chi connectivity index (χ0v) is 18.0. The highest BCUT2D eigenvalue weighted by atomic mass is 35.5. The van der Waals surface area contributed by atoms with Gasteiger partial charge in [0, 0.05) is 22.2 Å². The van der Waals surface area contributed by atoms with Gasteiger partial charge in [-0.2, -0.15) is 0 Å². The maximum absolute atomic E-state index is 12.9. The largest absolute Gasteiger partial charge is 0.497 e. The molecule has 3 aromatic carbocycles. The first-order chi connectivity index (χ1) is 15.6. The maximum atomic E-state index is 12.9. The van der Waals surface area contributed by atoms with Crippen molar-refractivity contribution in [3.05, 3.63) is 87.6 Å². The van der Waals surface area contributed by atoms with Crippen LogP contribution in [0.4, 0.5) is 0 Å². The Morgan fingerprint density at radius 3 is 2.69 bits per heavy atom. The molecule has 32 heavy (non-hydrogen) atoms. The number of methoxy groups -OCH3 is 1. The Balaban J connectivity index is 1.35. The summed E-state index contributed by atoms with van der Waals surface area (Å²) < 4.78 is 27.8. The molecule has 0 saturated heterocycles. The highest BCUT2D eigenvalue weighted by Crippen LogP contribution is 2.38. The van der Waals surface area contributed by atoms with Crippen LogP contribution < -0.4 is 18.9 Å². The molecule has 0 fully saturated rings. The van der Waals surface area contributed by atoms with Gasteiger partial charge in [-0.25, -0.2) is 0 Å². The molecule has 3 aromatic rings. The Bertz CT molecular complexity index is 1220. The Kier molecular flexibility index (Phi) is 5.47. The number of ketones is 1. The predicted molar refractivity (Wildman–Crippen MR) is 118 cm³/mol. The standard InChI is InChI=1S/C25H19ClO6/c1-28-19-4-2-15(3-5-19)12-30-20-6-7-21-22(11-20)32-23(24(21)27)10-16-8-18(26)9-17-13-29-14-31-25(16)17/h2-11H,12-14H2,1H3/b23-10-.